The van der Waals surface area contributed by atoms with Crippen LogP contribution in [-0.4, -0.2) is 40.3 Å². The lowest BCUT2D eigenvalue weighted by atomic mass is 9.50. The molecular weight excluding hydrogens is 870 g/mol. The van der Waals surface area contributed by atoms with E-state index >= 15 is 0 Å². The number of aryl methyl sites for hydroxylation is 1. The molecule has 0 amide bonds. The first-order valence-electron chi connectivity index (χ1n) is 22.4. The van der Waals surface area contributed by atoms with E-state index in [1.165, 1.54) is 22.7 Å². The maximum Gasteiger partial charge on any atom is 0.328 e. The Morgan fingerprint density at radius 3 is 1.66 bits per heavy atom. The third-order valence-electron chi connectivity index (χ3n) is 12.6. The Balaban J connectivity index is 1.46. The van der Waals surface area contributed by atoms with Gasteiger partial charge in [0.25, 0.3) is 7.41 Å². The van der Waals surface area contributed by atoms with Gasteiger partial charge >= 0.3 is 6.85 Å². The summed E-state index contributed by atoms with van der Waals surface area (Å²) in [5, 5.41) is 28.2. The second-order valence-corrected chi connectivity index (χ2v) is 18.8. The number of nitrogens with zero attached hydrogens (tertiary/aromatic N) is 6. The number of hydrogen-bond acceptors (Lipinski definition) is 7. The first-order chi connectivity index (χ1) is 33.5. The predicted octanol–water partition coefficient (Wildman–Crippen LogP) is 8.86. The fourth-order valence-electron chi connectivity index (χ4n) is 9.56. The molecule has 0 bridgehead atoms. The Hall–Kier alpha value is -8.21. The highest BCUT2D eigenvalue weighted by Crippen LogP contribution is 2.36. The average molecular weight is 911 g/mol. The lowest BCUT2D eigenvalue weighted by Gasteiger charge is -2.23. The lowest BCUT2D eigenvalue weighted by molar-refractivity contribution is 0.414. The molecule has 322 valence electrons. The van der Waals surface area contributed by atoms with Crippen LogP contribution in [0.3, 0.4) is 0 Å². The van der Waals surface area contributed by atoms with Gasteiger partial charge in [-0.25, -0.2) is 9.97 Å². The number of para-hydroxylation sites is 2. The van der Waals surface area contributed by atoms with E-state index < -0.39 is 6.85 Å². The summed E-state index contributed by atoms with van der Waals surface area (Å²) in [6.07, 6.45) is 0.468. The fourth-order valence-corrected chi connectivity index (χ4v) is 11.5. The van der Waals surface area contributed by atoms with Crippen molar-refractivity contribution in [2.75, 3.05) is 7.11 Å². The van der Waals surface area contributed by atoms with Crippen molar-refractivity contribution in [2.45, 2.75) is 13.3 Å². The number of benzene rings is 7. The van der Waals surface area contributed by atoms with E-state index in [0.717, 1.165) is 92.1 Å². The van der Waals surface area contributed by atoms with E-state index in [1.54, 1.807) is 7.11 Å². The summed E-state index contributed by atoms with van der Waals surface area (Å²) in [7, 11) is 2.12. The zero-order valence-electron chi connectivity index (χ0n) is 37.3. The third kappa shape index (κ3) is 7.58. The molecule has 0 atom stereocenters. The molecule has 7 aromatic carbocycles. The van der Waals surface area contributed by atoms with Gasteiger partial charge in [-0.15, -0.1) is 22.7 Å². The normalized spacial score (nSPS) is 12.2. The number of hydrogen-bond donors (Lipinski definition) is 0. The van der Waals surface area contributed by atoms with Crippen molar-refractivity contribution in [1.29, 1.82) is 10.5 Å². The Morgan fingerprint density at radius 1 is 0.603 bits per heavy atom. The topological polar surface area (TPSA) is 92.4 Å². The van der Waals surface area contributed by atoms with Crippen molar-refractivity contribution in [3.63, 3.8) is 0 Å². The molecule has 0 saturated heterocycles. The minimum Gasteiger partial charge on any atom is -0.497 e. The summed E-state index contributed by atoms with van der Waals surface area (Å²) < 4.78 is 12.4. The molecule has 0 aliphatic rings. The molecule has 0 fully saturated rings. The molecule has 4 aromatic heterocycles. The van der Waals surface area contributed by atoms with E-state index in [1.807, 2.05) is 66.7 Å². The molecule has 0 spiro atoms. The summed E-state index contributed by atoms with van der Waals surface area (Å²) in [5.74, 6) is 0.758. The zero-order valence-corrected chi connectivity index (χ0v) is 38.9. The largest absolute Gasteiger partial charge is 0.497 e. The monoisotopic (exact) mass is 910 g/mol. The minimum atomic E-state index is -0.426. The first kappa shape index (κ1) is 42.4. The highest BCUT2D eigenvalue weighted by molar-refractivity contribution is 7.20. The van der Waals surface area contributed by atoms with E-state index in [-0.39, 0.29) is 0 Å². The maximum absolute atomic E-state index is 11.9. The van der Waals surface area contributed by atoms with Crippen LogP contribution in [0.15, 0.2) is 188 Å². The number of nitriles is 2. The molecule has 11 heteroatoms. The van der Waals surface area contributed by atoms with Crippen molar-refractivity contribution in [1.82, 2.24) is 18.9 Å². The van der Waals surface area contributed by atoms with Crippen molar-refractivity contribution < 1.29 is 4.74 Å². The average Bonchev–Trinajstić information content (AvgIpc) is 4.16. The van der Waals surface area contributed by atoms with Crippen molar-refractivity contribution >= 4 is 95.7 Å². The van der Waals surface area contributed by atoms with Crippen LogP contribution in [0.2, 0.25) is 0 Å². The summed E-state index contributed by atoms with van der Waals surface area (Å²) in [6.45, 7) is 1.71. The maximum atomic E-state index is 11.9. The molecule has 68 heavy (non-hydrogen) atoms. The first-order valence-corrected chi connectivity index (χ1v) is 24.0. The van der Waals surface area contributed by atoms with E-state index in [9.17, 15) is 10.5 Å². The van der Waals surface area contributed by atoms with Gasteiger partial charge in [-0.1, -0.05) is 168 Å². The van der Waals surface area contributed by atoms with Crippen LogP contribution >= 0.6 is 22.7 Å². The quantitative estimate of drug-likeness (QED) is 0.121. The number of thiazole rings is 2. The Labute approximate surface area is 402 Å². The molecule has 0 radical (unpaired) electrons. The molecule has 0 saturated carbocycles. The highest BCUT2D eigenvalue weighted by Gasteiger charge is 2.35. The van der Waals surface area contributed by atoms with E-state index in [0.29, 0.717) is 35.0 Å². The molecule has 0 aliphatic carbocycles. The Bertz CT molecular complexity index is 3780. The third-order valence-corrected chi connectivity index (χ3v) is 14.8. The van der Waals surface area contributed by atoms with Crippen LogP contribution in [0.5, 0.6) is 5.75 Å². The number of fused-ring (bicyclic) bond motifs is 3. The van der Waals surface area contributed by atoms with E-state index in [4.69, 9.17) is 14.7 Å². The van der Waals surface area contributed by atoms with Gasteiger partial charge in [0.1, 0.15) is 39.0 Å². The van der Waals surface area contributed by atoms with Crippen LogP contribution in [0.1, 0.15) is 26.8 Å². The van der Waals surface area contributed by atoms with E-state index in [2.05, 4.69) is 149 Å². The van der Waals surface area contributed by atoms with Crippen LogP contribution < -0.4 is 31.8 Å². The highest BCUT2D eigenvalue weighted by atomic mass is 32.1. The van der Waals surface area contributed by atoms with Crippen molar-refractivity contribution in [3.05, 3.63) is 226 Å². The van der Waals surface area contributed by atoms with Crippen LogP contribution in [-0.2, 0) is 6.42 Å². The van der Waals surface area contributed by atoms with Crippen molar-refractivity contribution in [2.24, 2.45) is 0 Å². The molecule has 0 aliphatic heterocycles. The van der Waals surface area contributed by atoms with Gasteiger partial charge < -0.3 is 13.7 Å². The second kappa shape index (κ2) is 18.2. The predicted molar refractivity (Wildman–Crippen MR) is 283 cm³/mol. The van der Waals surface area contributed by atoms with Gasteiger partial charge in [-0.05, 0) is 54.4 Å². The molecular formula is C57H40B2N6OS2. The van der Waals surface area contributed by atoms with Gasteiger partial charge in [-0.3, -0.25) is 0 Å². The minimum absolute atomic E-state index is 0.426. The Morgan fingerprint density at radius 2 is 1.12 bits per heavy atom. The Kier molecular flexibility index (Phi) is 11.4. The molecule has 4 heterocycles. The van der Waals surface area contributed by atoms with Gasteiger partial charge in [-0.2, -0.15) is 10.5 Å². The standard InChI is InChI=1S/C57H40B2N6OS2/c1-37-18-12-13-25-43(37)54-52-51(55(45(36-61)57-63-47-27-15-17-29-50(47)68-57)65(54)59(40-21-8-4-9-22-40)41-23-10-5-11-24-41)48(34-38-30-32-42(66-2)33-31-38)64(58-39-19-6-3-7-20-39)53(52)44(35-60)56-62-46-26-14-16-28-49(46)67-56/h3-33,58H,34H2,1-2H3/b53-44-,55-45-. The van der Waals surface area contributed by atoms with Crippen LogP contribution in [0.25, 0.3) is 53.6 Å². The number of ether oxygens (including phenoxy) is 1. The van der Waals surface area contributed by atoms with Crippen molar-refractivity contribution in [3.8, 4) is 29.1 Å². The number of rotatable bonds is 11. The van der Waals surface area contributed by atoms with Gasteiger partial charge in [0, 0.05) is 34.1 Å². The van der Waals surface area contributed by atoms with Gasteiger partial charge in [0.2, 0.25) is 0 Å². The number of methoxy groups -OCH3 is 1. The van der Waals surface area contributed by atoms with Gasteiger partial charge in [0.05, 0.1) is 38.2 Å². The summed E-state index contributed by atoms with van der Waals surface area (Å²) in [4.78, 5) is 10.4. The summed E-state index contributed by atoms with van der Waals surface area (Å²) in [6, 6.07) is 69.7. The smallest absolute Gasteiger partial charge is 0.328 e. The summed E-state index contributed by atoms with van der Waals surface area (Å²) in [5.41, 5.74) is 10.6. The molecule has 7 nitrogen and oxygen atoms in total. The molecule has 0 N–H and O–H groups in total. The molecule has 11 rings (SSSR count). The SMILES string of the molecule is COc1ccc(Cc2c3/c(=C(\C#N)c4nc5ccccc5s4)n(B(c4ccccc4)c4ccccc4)c(-c4ccccc4C)c3/c(=C(\C#N)c3nc4ccccc4s3)n2Bc2ccccc2)cc1. The summed E-state index contributed by atoms with van der Waals surface area (Å²) >= 11 is 3.04. The van der Waals surface area contributed by atoms with Gasteiger partial charge in [0.15, 0.2) is 0 Å². The molecule has 0 unspecified atom stereocenters. The fraction of sp³-hybridized carbons (Fsp3) is 0.0526. The molecule has 11 aromatic rings. The zero-order chi connectivity index (χ0) is 46.1. The number of aromatic nitrogens is 4. The van der Waals surface area contributed by atoms with Crippen LogP contribution in [0, 0.1) is 29.6 Å². The van der Waals surface area contributed by atoms with Crippen LogP contribution in [0.4, 0.5) is 0 Å². The lowest BCUT2D eigenvalue weighted by Crippen LogP contribution is -2.53. The second-order valence-electron chi connectivity index (χ2n) is 16.7.